The second-order valence-corrected chi connectivity index (χ2v) is 9.50. The second kappa shape index (κ2) is 11.3. The SMILES string of the molecule is Cc1cccc(COc2ccc(/C(O)=C3\C(=O)C(=O)N(CCCn4ccnc4)[C@H]3c3ccc(F)cc3)cc2)c1. The van der Waals surface area contributed by atoms with Crippen LogP contribution in [-0.2, 0) is 22.7 Å². The molecule has 1 saturated heterocycles. The highest BCUT2D eigenvalue weighted by Gasteiger charge is 2.45. The average molecular weight is 526 g/mol. The summed E-state index contributed by atoms with van der Waals surface area (Å²) in [7, 11) is 0. The lowest BCUT2D eigenvalue weighted by Crippen LogP contribution is -2.31. The molecular weight excluding hydrogens is 497 g/mol. The summed E-state index contributed by atoms with van der Waals surface area (Å²) in [5, 5.41) is 11.3. The van der Waals surface area contributed by atoms with E-state index in [2.05, 4.69) is 4.98 Å². The molecule has 7 nitrogen and oxygen atoms in total. The number of Topliss-reactive ketones (excluding diaryl/α,β-unsaturated/α-hetero) is 1. The number of imidazole rings is 1. The number of aryl methyl sites for hydroxylation is 2. The second-order valence-electron chi connectivity index (χ2n) is 9.50. The average Bonchev–Trinajstić information content (AvgIpc) is 3.55. The van der Waals surface area contributed by atoms with Crippen LogP contribution in [0.15, 0.2) is 97.1 Å². The topological polar surface area (TPSA) is 84.7 Å². The minimum atomic E-state index is -0.842. The van der Waals surface area contributed by atoms with Gasteiger partial charge in [0.2, 0.25) is 0 Å². The number of likely N-dealkylation sites (tertiary alicyclic amines) is 1. The number of nitrogens with zero attached hydrogens (tertiary/aromatic N) is 3. The Morgan fingerprint density at radius 2 is 1.79 bits per heavy atom. The number of ether oxygens (including phenoxy) is 1. The minimum Gasteiger partial charge on any atom is -0.507 e. The summed E-state index contributed by atoms with van der Waals surface area (Å²) in [4.78, 5) is 31.8. The molecule has 3 aromatic carbocycles. The van der Waals surface area contributed by atoms with E-state index in [0.717, 1.165) is 11.1 Å². The fraction of sp³-hybridized carbons (Fsp3) is 0.194. The predicted molar refractivity (Wildman–Crippen MR) is 144 cm³/mol. The van der Waals surface area contributed by atoms with Crippen molar-refractivity contribution in [1.29, 1.82) is 0 Å². The first-order valence-corrected chi connectivity index (χ1v) is 12.7. The maximum Gasteiger partial charge on any atom is 0.295 e. The van der Waals surface area contributed by atoms with Crippen LogP contribution in [0.5, 0.6) is 5.75 Å². The normalized spacial score (nSPS) is 16.6. The van der Waals surface area contributed by atoms with E-state index in [1.54, 1.807) is 36.8 Å². The third-order valence-electron chi connectivity index (χ3n) is 6.72. The molecular formula is C31H28FN3O4. The summed E-state index contributed by atoms with van der Waals surface area (Å²) in [5.41, 5.74) is 3.07. The van der Waals surface area contributed by atoms with Gasteiger partial charge in [0.05, 0.1) is 17.9 Å². The summed E-state index contributed by atoms with van der Waals surface area (Å²) < 4.78 is 21.5. The van der Waals surface area contributed by atoms with Crippen LogP contribution in [0.2, 0.25) is 0 Å². The van der Waals surface area contributed by atoms with Crippen molar-refractivity contribution < 1.29 is 23.8 Å². The zero-order chi connectivity index (χ0) is 27.4. The Bertz CT molecular complexity index is 1500. The van der Waals surface area contributed by atoms with Gasteiger partial charge >= 0.3 is 0 Å². The molecule has 39 heavy (non-hydrogen) atoms. The maximum atomic E-state index is 13.7. The lowest BCUT2D eigenvalue weighted by molar-refractivity contribution is -0.139. The molecule has 0 bridgehead atoms. The fourth-order valence-electron chi connectivity index (χ4n) is 4.78. The molecule has 1 atom stereocenters. The van der Waals surface area contributed by atoms with Crippen LogP contribution in [0.25, 0.3) is 5.76 Å². The van der Waals surface area contributed by atoms with Crippen LogP contribution in [0, 0.1) is 12.7 Å². The van der Waals surface area contributed by atoms with E-state index in [-0.39, 0.29) is 17.9 Å². The molecule has 1 amide bonds. The number of aromatic nitrogens is 2. The van der Waals surface area contributed by atoms with E-state index in [1.807, 2.05) is 42.0 Å². The van der Waals surface area contributed by atoms with Crippen LogP contribution in [-0.4, -0.2) is 37.8 Å². The smallest absolute Gasteiger partial charge is 0.295 e. The van der Waals surface area contributed by atoms with E-state index in [0.29, 0.717) is 36.4 Å². The third-order valence-corrected chi connectivity index (χ3v) is 6.72. The monoisotopic (exact) mass is 525 g/mol. The largest absolute Gasteiger partial charge is 0.507 e. The highest BCUT2D eigenvalue weighted by Crippen LogP contribution is 2.39. The standard InChI is InChI=1S/C31H28FN3O4/c1-21-4-2-5-22(18-21)19-39-26-12-8-24(9-13-26)29(36)27-28(23-6-10-25(32)11-7-23)35(31(38)30(27)37)16-3-15-34-17-14-33-20-34/h2,4-14,17-18,20,28,36H,3,15-16,19H2,1H3/b29-27+/t28-/m0/s1. The van der Waals surface area contributed by atoms with Gasteiger partial charge in [-0.1, -0.05) is 42.0 Å². The van der Waals surface area contributed by atoms with Crippen molar-refractivity contribution in [2.45, 2.75) is 32.5 Å². The molecule has 0 unspecified atom stereocenters. The molecule has 0 spiro atoms. The van der Waals surface area contributed by atoms with Crippen molar-refractivity contribution in [3.8, 4) is 5.75 Å². The molecule has 5 rings (SSSR count). The quantitative estimate of drug-likeness (QED) is 0.179. The van der Waals surface area contributed by atoms with Crippen LogP contribution < -0.4 is 4.74 Å². The molecule has 0 radical (unpaired) electrons. The Morgan fingerprint density at radius 3 is 2.49 bits per heavy atom. The van der Waals surface area contributed by atoms with E-state index in [1.165, 1.54) is 29.2 Å². The number of hydrogen-bond acceptors (Lipinski definition) is 5. The maximum absolute atomic E-state index is 13.7. The lowest BCUT2D eigenvalue weighted by atomic mass is 9.95. The third kappa shape index (κ3) is 5.75. The number of rotatable bonds is 9. The zero-order valence-electron chi connectivity index (χ0n) is 21.5. The first kappa shape index (κ1) is 25.9. The Hall–Kier alpha value is -4.72. The summed E-state index contributed by atoms with van der Waals surface area (Å²) in [6, 6.07) is 19.5. The number of amides is 1. The molecule has 0 aliphatic carbocycles. The van der Waals surface area contributed by atoms with E-state index in [4.69, 9.17) is 4.74 Å². The number of aliphatic hydroxyl groups is 1. The molecule has 1 aliphatic heterocycles. The number of halogens is 1. The summed E-state index contributed by atoms with van der Waals surface area (Å²) in [5.74, 6) is -1.59. The minimum absolute atomic E-state index is 0.0253. The number of benzene rings is 3. The number of aliphatic hydroxyl groups excluding tert-OH is 1. The van der Waals surface area contributed by atoms with Crippen molar-refractivity contribution >= 4 is 17.4 Å². The highest BCUT2D eigenvalue weighted by molar-refractivity contribution is 6.46. The van der Waals surface area contributed by atoms with E-state index >= 15 is 0 Å². The van der Waals surface area contributed by atoms with Gasteiger partial charge in [0.25, 0.3) is 11.7 Å². The van der Waals surface area contributed by atoms with Crippen molar-refractivity contribution in [3.63, 3.8) is 0 Å². The van der Waals surface area contributed by atoms with Gasteiger partial charge in [-0.15, -0.1) is 0 Å². The van der Waals surface area contributed by atoms with E-state index < -0.39 is 23.5 Å². The Balaban J connectivity index is 1.41. The number of hydrogen-bond donors (Lipinski definition) is 1. The van der Waals surface area contributed by atoms with Crippen molar-refractivity contribution in [2.75, 3.05) is 6.54 Å². The van der Waals surface area contributed by atoms with Gasteiger partial charge in [0.1, 0.15) is 23.9 Å². The molecule has 2 heterocycles. The molecule has 1 N–H and O–H groups in total. The molecule has 1 fully saturated rings. The van der Waals surface area contributed by atoms with Gasteiger partial charge in [-0.2, -0.15) is 0 Å². The van der Waals surface area contributed by atoms with Gasteiger partial charge in [-0.25, -0.2) is 9.37 Å². The van der Waals surface area contributed by atoms with Gasteiger partial charge in [-0.05, 0) is 60.9 Å². The molecule has 8 heteroatoms. The van der Waals surface area contributed by atoms with Crippen molar-refractivity contribution in [2.24, 2.45) is 0 Å². The number of carbonyl (C=O) groups is 2. The van der Waals surface area contributed by atoms with Gasteiger partial charge in [-0.3, -0.25) is 9.59 Å². The first-order chi connectivity index (χ1) is 18.9. The van der Waals surface area contributed by atoms with Crippen LogP contribution in [0.1, 0.15) is 34.7 Å². The molecule has 1 aliphatic rings. The summed E-state index contributed by atoms with van der Waals surface area (Å²) in [6.07, 6.45) is 5.73. The Labute approximate surface area is 225 Å². The predicted octanol–water partition coefficient (Wildman–Crippen LogP) is 5.42. The summed E-state index contributed by atoms with van der Waals surface area (Å²) >= 11 is 0. The molecule has 1 aromatic heterocycles. The van der Waals surface area contributed by atoms with Crippen molar-refractivity contribution in [3.05, 3.63) is 125 Å². The molecule has 0 saturated carbocycles. The van der Waals surface area contributed by atoms with Crippen LogP contribution in [0.4, 0.5) is 4.39 Å². The highest BCUT2D eigenvalue weighted by atomic mass is 19.1. The van der Waals surface area contributed by atoms with Gasteiger partial charge in [0.15, 0.2) is 0 Å². The first-order valence-electron chi connectivity index (χ1n) is 12.7. The Kier molecular flexibility index (Phi) is 7.54. The van der Waals surface area contributed by atoms with Crippen molar-refractivity contribution in [1.82, 2.24) is 14.5 Å². The van der Waals surface area contributed by atoms with E-state index in [9.17, 15) is 19.1 Å². The zero-order valence-corrected chi connectivity index (χ0v) is 21.5. The van der Waals surface area contributed by atoms with Gasteiger partial charge in [0, 0.05) is 31.0 Å². The van der Waals surface area contributed by atoms with Gasteiger partial charge < -0.3 is 19.3 Å². The fourth-order valence-corrected chi connectivity index (χ4v) is 4.78. The Morgan fingerprint density at radius 1 is 1.03 bits per heavy atom. The molecule has 198 valence electrons. The number of ketones is 1. The van der Waals surface area contributed by atoms with Crippen LogP contribution >= 0.6 is 0 Å². The number of carbonyl (C=O) groups excluding carboxylic acids is 2. The molecule has 4 aromatic rings. The lowest BCUT2D eigenvalue weighted by Gasteiger charge is -2.25. The van der Waals surface area contributed by atoms with Crippen LogP contribution in [0.3, 0.4) is 0 Å². The summed E-state index contributed by atoms with van der Waals surface area (Å²) in [6.45, 7) is 3.28.